The van der Waals surface area contributed by atoms with Gasteiger partial charge in [0.2, 0.25) is 5.91 Å². The topological polar surface area (TPSA) is 71.0 Å². The zero-order valence-electron chi connectivity index (χ0n) is 29.4. The van der Waals surface area contributed by atoms with Gasteiger partial charge in [0.25, 0.3) is 0 Å². The Hall–Kier alpha value is -5.14. The molecule has 5 heterocycles. The quantitative estimate of drug-likeness (QED) is 0.192. The minimum atomic E-state index is 0.158. The van der Waals surface area contributed by atoms with Crippen molar-refractivity contribution >= 4 is 64.6 Å². The summed E-state index contributed by atoms with van der Waals surface area (Å²) in [6, 6.07) is 24.2. The number of halogens is 2. The molecule has 2 saturated heterocycles. The van der Waals surface area contributed by atoms with E-state index in [-0.39, 0.29) is 5.91 Å². The molecule has 0 atom stereocenters. The third-order valence-corrected chi connectivity index (χ3v) is 10.8. The molecule has 2 aliphatic carbocycles. The number of pyridine rings is 3. The number of nitrogens with one attached hydrogen (secondary N) is 1. The molecule has 5 aromatic rings. The van der Waals surface area contributed by atoms with E-state index in [1.807, 2.05) is 65.8 Å². The molecule has 8 heteroatoms. The van der Waals surface area contributed by atoms with E-state index in [0.29, 0.717) is 6.42 Å². The van der Waals surface area contributed by atoms with E-state index in [4.69, 9.17) is 33.2 Å². The Morgan fingerprint density at radius 1 is 0.642 bits per heavy atom. The summed E-state index contributed by atoms with van der Waals surface area (Å²) >= 11 is 12.5. The lowest BCUT2D eigenvalue weighted by atomic mass is 9.88. The van der Waals surface area contributed by atoms with Crippen molar-refractivity contribution in [1.82, 2.24) is 25.2 Å². The molecule has 264 valence electrons. The number of fused-ring (bicyclic) bond motifs is 4. The predicted octanol–water partition coefficient (Wildman–Crippen LogP) is 9.68. The lowest BCUT2D eigenvalue weighted by Crippen LogP contribution is -2.37. The van der Waals surface area contributed by atoms with Gasteiger partial charge in [-0.3, -0.25) is 19.7 Å². The normalized spacial score (nSPS) is 16.0. The van der Waals surface area contributed by atoms with Crippen LogP contribution in [0.1, 0.15) is 76.0 Å². The van der Waals surface area contributed by atoms with Crippen LogP contribution in [0.25, 0.3) is 35.5 Å². The molecule has 0 spiro atoms. The Balaban J connectivity index is 0.000000160. The molecule has 4 aliphatic rings. The molecule has 53 heavy (non-hydrogen) atoms. The van der Waals surface area contributed by atoms with Crippen molar-refractivity contribution in [3.8, 4) is 0 Å². The summed E-state index contributed by atoms with van der Waals surface area (Å²) in [5.41, 5.74) is 15.3. The van der Waals surface area contributed by atoms with E-state index in [1.165, 1.54) is 39.0 Å². The highest BCUT2D eigenvalue weighted by Gasteiger charge is 2.26. The maximum atomic E-state index is 12.8. The van der Waals surface area contributed by atoms with E-state index in [2.05, 4.69) is 58.9 Å². The van der Waals surface area contributed by atoms with Crippen molar-refractivity contribution in [2.75, 3.05) is 26.2 Å². The Bertz CT molecular complexity index is 2290. The van der Waals surface area contributed by atoms with Crippen molar-refractivity contribution in [2.24, 2.45) is 0 Å². The van der Waals surface area contributed by atoms with Crippen molar-refractivity contribution < 1.29 is 4.79 Å². The van der Waals surface area contributed by atoms with Crippen LogP contribution in [-0.2, 0) is 11.2 Å². The number of likely N-dealkylation sites (tertiary alicyclic amines) is 1. The minimum absolute atomic E-state index is 0.158. The second-order valence-corrected chi connectivity index (χ2v) is 14.5. The van der Waals surface area contributed by atoms with Crippen molar-refractivity contribution in [1.29, 1.82) is 0 Å². The van der Waals surface area contributed by atoms with E-state index in [0.717, 1.165) is 95.5 Å². The molecule has 2 aromatic carbocycles. The Labute approximate surface area is 320 Å². The highest BCUT2D eigenvalue weighted by molar-refractivity contribution is 6.31. The number of rotatable bonds is 2. The zero-order chi connectivity index (χ0) is 36.1. The Morgan fingerprint density at radius 3 is 1.72 bits per heavy atom. The van der Waals surface area contributed by atoms with E-state index in [9.17, 15) is 4.79 Å². The molecule has 0 bridgehead atoms. The van der Waals surface area contributed by atoms with Crippen LogP contribution >= 0.6 is 23.2 Å². The van der Waals surface area contributed by atoms with Gasteiger partial charge in [-0.2, -0.15) is 0 Å². The first-order valence-electron chi connectivity index (χ1n) is 18.2. The summed E-state index contributed by atoms with van der Waals surface area (Å²) in [7, 11) is 0. The second-order valence-electron chi connectivity index (χ2n) is 13.6. The average molecular weight is 737 g/mol. The SMILES string of the molecule is Clc1ccc2c(c1)C=Cc1cccnc1C2=C1CCNCC1.O=C(Cc1cccnc1)N1CCC(=C2c3ccc(Cl)cc3C=Cc3cccnc32)CC1. The molecule has 1 N–H and O–H groups in total. The van der Waals surface area contributed by atoms with Crippen LogP contribution < -0.4 is 5.32 Å². The summed E-state index contributed by atoms with van der Waals surface area (Å²) in [5.74, 6) is 0.158. The van der Waals surface area contributed by atoms with Crippen LogP contribution in [0.3, 0.4) is 0 Å². The fourth-order valence-corrected chi connectivity index (χ4v) is 8.06. The third-order valence-electron chi connectivity index (χ3n) is 10.3. The number of nitrogens with zero attached hydrogens (tertiary/aromatic N) is 4. The molecular weight excluding hydrogens is 697 g/mol. The van der Waals surface area contributed by atoms with Crippen molar-refractivity contribution in [2.45, 2.75) is 32.1 Å². The van der Waals surface area contributed by atoms with Crippen LogP contribution in [0, 0.1) is 0 Å². The Kier molecular flexibility index (Phi) is 10.4. The van der Waals surface area contributed by atoms with Crippen LogP contribution in [-0.4, -0.2) is 51.9 Å². The number of aromatic nitrogens is 3. The van der Waals surface area contributed by atoms with Gasteiger partial charge >= 0.3 is 0 Å². The van der Waals surface area contributed by atoms with Crippen molar-refractivity contribution in [3.05, 3.63) is 169 Å². The van der Waals surface area contributed by atoms with Crippen LogP contribution in [0.2, 0.25) is 10.0 Å². The van der Waals surface area contributed by atoms with Gasteiger partial charge in [-0.25, -0.2) is 0 Å². The monoisotopic (exact) mass is 735 g/mol. The molecule has 0 unspecified atom stereocenters. The molecule has 2 fully saturated rings. The molecule has 2 aliphatic heterocycles. The van der Waals surface area contributed by atoms with Gasteiger partial charge in [0.15, 0.2) is 0 Å². The molecule has 3 aromatic heterocycles. The lowest BCUT2D eigenvalue weighted by Gasteiger charge is -2.30. The fraction of sp³-hybridized carbons (Fsp3) is 0.200. The van der Waals surface area contributed by atoms with Crippen molar-refractivity contribution in [3.63, 3.8) is 0 Å². The predicted molar refractivity (Wildman–Crippen MR) is 217 cm³/mol. The number of hydrogen-bond donors (Lipinski definition) is 1. The highest BCUT2D eigenvalue weighted by atomic mass is 35.5. The number of hydrogen-bond acceptors (Lipinski definition) is 5. The summed E-state index contributed by atoms with van der Waals surface area (Å²) in [5, 5.41) is 4.93. The maximum absolute atomic E-state index is 12.8. The molecule has 1 amide bonds. The smallest absolute Gasteiger partial charge is 0.227 e. The Morgan fingerprint density at radius 2 is 1.17 bits per heavy atom. The summed E-state index contributed by atoms with van der Waals surface area (Å²) < 4.78 is 0. The van der Waals surface area contributed by atoms with Crippen LogP contribution in [0.4, 0.5) is 0 Å². The molecule has 0 radical (unpaired) electrons. The van der Waals surface area contributed by atoms with E-state index < -0.39 is 0 Å². The number of benzene rings is 2. The minimum Gasteiger partial charge on any atom is -0.342 e. The number of piperidine rings is 2. The van der Waals surface area contributed by atoms with Gasteiger partial charge in [-0.15, -0.1) is 0 Å². The van der Waals surface area contributed by atoms with Gasteiger partial charge < -0.3 is 10.2 Å². The summed E-state index contributed by atoms with van der Waals surface area (Å²) in [4.78, 5) is 28.3. The van der Waals surface area contributed by atoms with Crippen LogP contribution in [0.15, 0.2) is 109 Å². The van der Waals surface area contributed by atoms with E-state index >= 15 is 0 Å². The molecule has 6 nitrogen and oxygen atoms in total. The highest BCUT2D eigenvalue weighted by Crippen LogP contribution is 2.40. The summed E-state index contributed by atoms with van der Waals surface area (Å²) in [6.07, 6.45) is 20.0. The van der Waals surface area contributed by atoms with E-state index in [1.54, 1.807) is 12.4 Å². The first-order valence-corrected chi connectivity index (χ1v) is 19.0. The number of carbonyl (C=O) groups excluding carboxylic acids is 1. The molecule has 9 rings (SSSR count). The first-order chi connectivity index (χ1) is 26.0. The van der Waals surface area contributed by atoms with Gasteiger partial charge in [-0.05, 0) is 109 Å². The zero-order valence-corrected chi connectivity index (χ0v) is 30.9. The average Bonchev–Trinajstić information content (AvgIpc) is 3.46. The van der Waals surface area contributed by atoms with Gasteiger partial charge in [-0.1, -0.05) is 89.0 Å². The van der Waals surface area contributed by atoms with Gasteiger partial charge in [0, 0.05) is 70.2 Å². The second kappa shape index (κ2) is 15.8. The third kappa shape index (κ3) is 7.67. The first kappa shape index (κ1) is 34.9. The maximum Gasteiger partial charge on any atom is 0.227 e. The lowest BCUT2D eigenvalue weighted by molar-refractivity contribution is -0.130. The number of carbonyl (C=O) groups is 1. The van der Waals surface area contributed by atoms with Gasteiger partial charge in [0.05, 0.1) is 17.8 Å². The van der Waals surface area contributed by atoms with Gasteiger partial charge in [0.1, 0.15) is 0 Å². The molecule has 0 saturated carbocycles. The molecular formula is C45H39Cl2N5O. The largest absolute Gasteiger partial charge is 0.342 e. The standard InChI is InChI=1S/C26H22ClN3O.C19H17ClN2/c27-22-7-8-23-21(16-22)6-5-20-4-2-12-29-26(20)25(23)19-9-13-30(14-10-19)24(31)15-18-3-1-11-28-17-18;20-16-5-6-17-15(12-16)4-3-14-2-1-9-22-19(14)18(17)13-7-10-21-11-8-13/h1-8,11-12,16-17H,9-10,13-15H2;1-6,9,12,21H,7-8,10-11H2. The summed E-state index contributed by atoms with van der Waals surface area (Å²) in [6.45, 7) is 3.52. The number of amides is 1. The van der Waals surface area contributed by atoms with Crippen LogP contribution in [0.5, 0.6) is 0 Å². The fourth-order valence-electron chi connectivity index (χ4n) is 7.69.